The van der Waals surface area contributed by atoms with Crippen molar-refractivity contribution in [1.29, 1.82) is 5.26 Å². The third-order valence-electron chi connectivity index (χ3n) is 6.36. The number of aromatic nitrogens is 3. The number of nitriles is 1. The van der Waals surface area contributed by atoms with E-state index >= 15 is 0 Å². The van der Waals surface area contributed by atoms with Crippen LogP contribution in [0, 0.1) is 23.0 Å². The van der Waals surface area contributed by atoms with Crippen molar-refractivity contribution in [3.8, 4) is 28.1 Å². The van der Waals surface area contributed by atoms with Gasteiger partial charge in [-0.25, -0.2) is 23.1 Å². The quantitative estimate of drug-likeness (QED) is 0.277. The predicted molar refractivity (Wildman–Crippen MR) is 153 cm³/mol. The summed E-state index contributed by atoms with van der Waals surface area (Å²) in [6.07, 6.45) is 1.27. The number of pyridine rings is 1. The molecule has 0 spiro atoms. The summed E-state index contributed by atoms with van der Waals surface area (Å²) in [4.78, 5) is 35.1. The molecule has 0 fully saturated rings. The molecule has 0 bridgehead atoms. The van der Waals surface area contributed by atoms with Crippen molar-refractivity contribution in [2.75, 3.05) is 26.4 Å². The number of rotatable bonds is 8. The molecule has 3 aromatic heterocycles. The molecule has 0 saturated carbocycles. The maximum atomic E-state index is 14.8. The fourth-order valence-corrected chi connectivity index (χ4v) is 5.81. The van der Waals surface area contributed by atoms with Crippen molar-refractivity contribution in [2.45, 2.75) is 13.1 Å². The number of benzene rings is 2. The van der Waals surface area contributed by atoms with E-state index in [1.807, 2.05) is 37.2 Å². The van der Waals surface area contributed by atoms with Crippen LogP contribution in [-0.2, 0) is 13.1 Å². The van der Waals surface area contributed by atoms with Crippen LogP contribution in [0.25, 0.3) is 26.3 Å². The molecule has 0 unspecified atom stereocenters. The average molecular weight is 575 g/mol. The number of halogens is 2. The van der Waals surface area contributed by atoms with Crippen molar-refractivity contribution in [1.82, 2.24) is 19.0 Å². The van der Waals surface area contributed by atoms with Gasteiger partial charge in [0.15, 0.2) is 6.61 Å². The second-order valence-corrected chi connectivity index (χ2v) is 10.5. The molecule has 5 aromatic rings. The lowest BCUT2D eigenvalue weighted by Crippen LogP contribution is -2.39. The van der Waals surface area contributed by atoms with E-state index < -0.39 is 29.4 Å². The summed E-state index contributed by atoms with van der Waals surface area (Å²) in [6, 6.07) is 15.3. The molecule has 12 heteroatoms. The maximum absolute atomic E-state index is 14.8. The van der Waals surface area contributed by atoms with Crippen LogP contribution >= 0.6 is 11.3 Å². The minimum absolute atomic E-state index is 0.130. The minimum atomic E-state index is -0.813. The van der Waals surface area contributed by atoms with Crippen molar-refractivity contribution in [2.24, 2.45) is 0 Å². The van der Waals surface area contributed by atoms with Gasteiger partial charge >= 0.3 is 5.69 Å². The summed E-state index contributed by atoms with van der Waals surface area (Å²) in [5.74, 6) is -1.49. The van der Waals surface area contributed by atoms with Crippen molar-refractivity contribution in [3.05, 3.63) is 104 Å². The standard InChI is InChI=1S/C29H24F2N6O3S/c1-35(2)15-21-25-27(38)37(19-10-11-24(34-14-19)40-13-12-32)29(39)36(16-20-22(30)4-3-5-23(20)31)28(25)41-26(21)17-6-8-18(33)9-7-17/h3-11,14H,13,15-16,33H2,1-2H3. The Kier molecular flexibility index (Phi) is 7.65. The van der Waals surface area contributed by atoms with Gasteiger partial charge in [0.2, 0.25) is 5.88 Å². The summed E-state index contributed by atoms with van der Waals surface area (Å²) in [5.41, 5.74) is 6.32. The fourth-order valence-electron chi connectivity index (χ4n) is 4.51. The molecule has 0 amide bonds. The maximum Gasteiger partial charge on any atom is 0.337 e. The van der Waals surface area contributed by atoms with E-state index in [4.69, 9.17) is 15.7 Å². The molecule has 0 saturated heterocycles. The van der Waals surface area contributed by atoms with Crippen LogP contribution in [0.2, 0.25) is 0 Å². The van der Waals surface area contributed by atoms with Gasteiger partial charge in [0.25, 0.3) is 5.56 Å². The Bertz CT molecular complexity index is 1890. The van der Waals surface area contributed by atoms with E-state index in [1.54, 1.807) is 12.1 Å². The van der Waals surface area contributed by atoms with E-state index in [-0.39, 0.29) is 34.0 Å². The van der Waals surface area contributed by atoms with Gasteiger partial charge in [-0.15, -0.1) is 11.3 Å². The SMILES string of the molecule is CN(C)Cc1c(-c2ccc(N)cc2)sc2c1c(=O)n(-c1ccc(OCC#N)nc1)c(=O)n2Cc1c(F)cccc1F. The largest absolute Gasteiger partial charge is 0.462 e. The van der Waals surface area contributed by atoms with Crippen LogP contribution in [0.3, 0.4) is 0 Å². The monoisotopic (exact) mass is 574 g/mol. The lowest BCUT2D eigenvalue weighted by atomic mass is 10.1. The predicted octanol–water partition coefficient (Wildman–Crippen LogP) is 4.15. The molecule has 2 aromatic carbocycles. The van der Waals surface area contributed by atoms with Gasteiger partial charge in [-0.3, -0.25) is 9.36 Å². The van der Waals surface area contributed by atoms with E-state index in [1.165, 1.54) is 40.3 Å². The van der Waals surface area contributed by atoms with Gasteiger partial charge in [-0.2, -0.15) is 5.26 Å². The number of nitrogens with zero attached hydrogens (tertiary/aromatic N) is 5. The number of hydrogen-bond donors (Lipinski definition) is 1. The second kappa shape index (κ2) is 11.3. The van der Waals surface area contributed by atoms with Crippen molar-refractivity contribution < 1.29 is 13.5 Å². The van der Waals surface area contributed by atoms with Crippen LogP contribution < -0.4 is 21.7 Å². The second-order valence-electron chi connectivity index (χ2n) is 9.46. The van der Waals surface area contributed by atoms with E-state index in [0.29, 0.717) is 17.8 Å². The number of fused-ring (bicyclic) bond motifs is 1. The first-order chi connectivity index (χ1) is 19.7. The lowest BCUT2D eigenvalue weighted by molar-refractivity contribution is 0.353. The third-order valence-corrected chi connectivity index (χ3v) is 7.67. The molecule has 0 aliphatic carbocycles. The van der Waals surface area contributed by atoms with Crippen LogP contribution in [0.15, 0.2) is 70.4 Å². The van der Waals surface area contributed by atoms with Gasteiger partial charge in [0.05, 0.1) is 23.8 Å². The molecule has 0 aliphatic rings. The summed E-state index contributed by atoms with van der Waals surface area (Å²) in [6.45, 7) is -0.329. The first-order valence-electron chi connectivity index (χ1n) is 12.4. The summed E-state index contributed by atoms with van der Waals surface area (Å²) < 4.78 is 36.9. The number of hydrogen-bond acceptors (Lipinski definition) is 8. The molecule has 0 atom stereocenters. The van der Waals surface area contributed by atoms with Gasteiger partial charge in [0, 0.05) is 28.7 Å². The lowest BCUT2D eigenvalue weighted by Gasteiger charge is -2.15. The van der Waals surface area contributed by atoms with E-state index in [2.05, 4.69) is 4.98 Å². The van der Waals surface area contributed by atoms with Gasteiger partial charge in [-0.05, 0) is 55.6 Å². The Morgan fingerprint density at radius 3 is 2.37 bits per heavy atom. The smallest absolute Gasteiger partial charge is 0.337 e. The summed E-state index contributed by atoms with van der Waals surface area (Å²) >= 11 is 1.20. The van der Waals surface area contributed by atoms with Gasteiger partial charge < -0.3 is 15.4 Å². The number of ether oxygens (including phenoxy) is 1. The number of nitrogens with two attached hydrogens (primary N) is 1. The number of thiophene rings is 1. The Labute approximate surface area is 236 Å². The highest BCUT2D eigenvalue weighted by Crippen LogP contribution is 2.38. The van der Waals surface area contributed by atoms with Gasteiger partial charge in [0.1, 0.15) is 22.5 Å². The Morgan fingerprint density at radius 2 is 1.76 bits per heavy atom. The zero-order chi connectivity index (χ0) is 29.3. The first-order valence-corrected chi connectivity index (χ1v) is 13.2. The molecule has 5 rings (SSSR count). The molecule has 0 aliphatic heterocycles. The Morgan fingerprint density at radius 1 is 1.05 bits per heavy atom. The van der Waals surface area contributed by atoms with Crippen LogP contribution in [-0.4, -0.2) is 39.7 Å². The van der Waals surface area contributed by atoms with Crippen molar-refractivity contribution >= 4 is 27.2 Å². The van der Waals surface area contributed by atoms with Gasteiger partial charge in [-0.1, -0.05) is 18.2 Å². The minimum Gasteiger partial charge on any atom is -0.462 e. The van der Waals surface area contributed by atoms with Crippen molar-refractivity contribution in [3.63, 3.8) is 0 Å². The Hall–Kier alpha value is -4.86. The average Bonchev–Trinajstić information content (AvgIpc) is 3.31. The number of nitrogen functional groups attached to an aromatic ring is 1. The molecule has 41 heavy (non-hydrogen) atoms. The molecular weight excluding hydrogens is 550 g/mol. The molecule has 208 valence electrons. The summed E-state index contributed by atoms with van der Waals surface area (Å²) in [5, 5.41) is 9.00. The zero-order valence-corrected chi connectivity index (χ0v) is 22.9. The first kappa shape index (κ1) is 27.7. The molecule has 2 N–H and O–H groups in total. The van der Waals surface area contributed by atoms with E-state index in [0.717, 1.165) is 27.1 Å². The zero-order valence-electron chi connectivity index (χ0n) is 22.1. The summed E-state index contributed by atoms with van der Waals surface area (Å²) in [7, 11) is 3.70. The van der Waals surface area contributed by atoms with Crippen LogP contribution in [0.1, 0.15) is 11.1 Å². The number of anilines is 1. The topological polar surface area (TPSA) is 119 Å². The molecular formula is C29H24F2N6O3S. The highest BCUT2D eigenvalue weighted by atomic mass is 32.1. The Balaban J connectivity index is 1.84. The third kappa shape index (κ3) is 5.32. The highest BCUT2D eigenvalue weighted by Gasteiger charge is 2.25. The van der Waals surface area contributed by atoms with Crippen LogP contribution in [0.4, 0.5) is 14.5 Å². The fraction of sp³-hybridized carbons (Fsp3) is 0.172. The normalized spacial score (nSPS) is 11.2. The molecule has 9 nitrogen and oxygen atoms in total. The highest BCUT2D eigenvalue weighted by molar-refractivity contribution is 7.22. The van der Waals surface area contributed by atoms with E-state index in [9.17, 15) is 18.4 Å². The molecule has 0 radical (unpaired) electrons. The van der Waals surface area contributed by atoms with Crippen LogP contribution in [0.5, 0.6) is 5.88 Å². The molecule has 3 heterocycles.